The second-order valence-corrected chi connectivity index (χ2v) is 11.4. The van der Waals surface area contributed by atoms with Crippen molar-refractivity contribution in [3.63, 3.8) is 0 Å². The predicted octanol–water partition coefficient (Wildman–Crippen LogP) is 2.76. The summed E-state index contributed by atoms with van der Waals surface area (Å²) >= 11 is 0. The molecule has 10 nitrogen and oxygen atoms in total. The van der Waals surface area contributed by atoms with Crippen molar-refractivity contribution in [2.24, 2.45) is 0 Å². The van der Waals surface area contributed by atoms with Gasteiger partial charge in [-0.3, -0.25) is 9.36 Å². The second kappa shape index (κ2) is 12.7. The summed E-state index contributed by atoms with van der Waals surface area (Å²) in [7, 11) is -3.83. The van der Waals surface area contributed by atoms with Crippen molar-refractivity contribution in [2.75, 3.05) is 12.3 Å². The molecule has 0 bridgehead atoms. The van der Waals surface area contributed by atoms with Gasteiger partial charge in [0.25, 0.3) is 0 Å². The lowest BCUT2D eigenvalue weighted by Crippen LogP contribution is -2.41. The van der Waals surface area contributed by atoms with Crippen LogP contribution >= 0.6 is 0 Å². The van der Waals surface area contributed by atoms with E-state index < -0.39 is 71.3 Å². The fraction of sp³-hybridized carbons (Fsp3) is 0.400. The van der Waals surface area contributed by atoms with Crippen LogP contribution in [0.15, 0.2) is 53.3 Å². The molecular weight excluding hydrogens is 596 g/mol. The summed E-state index contributed by atoms with van der Waals surface area (Å²) in [5, 5.41) is 15.9. The monoisotopic (exact) mass is 623 g/mol. The molecule has 1 heterocycles. The average Bonchev–Trinajstić information content (AvgIpc) is 3.20. The van der Waals surface area contributed by atoms with E-state index in [1.165, 1.54) is 25.1 Å². The van der Waals surface area contributed by atoms with Gasteiger partial charge in [-0.05, 0) is 31.5 Å². The first-order valence-corrected chi connectivity index (χ1v) is 14.0. The number of sulfonamides is 1. The zero-order valence-electron chi connectivity index (χ0n) is 22.2. The molecule has 0 saturated heterocycles. The Kier molecular flexibility index (Phi) is 9.89. The Bertz CT molecular complexity index is 1570. The Morgan fingerprint density at radius 1 is 1.07 bits per heavy atom. The van der Waals surface area contributed by atoms with Crippen molar-refractivity contribution in [1.82, 2.24) is 24.4 Å². The number of carbonyl (C=O) groups is 1. The first-order valence-electron chi connectivity index (χ1n) is 12.3. The predicted molar refractivity (Wildman–Crippen MR) is 139 cm³/mol. The average molecular weight is 624 g/mol. The Morgan fingerprint density at radius 2 is 1.71 bits per heavy atom. The number of aliphatic hydroxyl groups is 1. The summed E-state index contributed by atoms with van der Waals surface area (Å²) in [5.41, 5.74) is -1.34. The molecule has 0 saturated carbocycles. The molecule has 0 radical (unpaired) electrons. The molecule has 42 heavy (non-hydrogen) atoms. The molecule has 3 rings (SSSR count). The third kappa shape index (κ3) is 8.42. The van der Waals surface area contributed by atoms with E-state index in [0.717, 1.165) is 23.8 Å². The smallest absolute Gasteiger partial charge is 0.382 e. The Morgan fingerprint density at radius 3 is 2.29 bits per heavy atom. The number of hydrogen-bond donors (Lipinski definition) is 3. The maximum Gasteiger partial charge on any atom is 0.416 e. The van der Waals surface area contributed by atoms with Gasteiger partial charge in [0.1, 0.15) is 6.54 Å². The van der Waals surface area contributed by atoms with Gasteiger partial charge in [-0.25, -0.2) is 22.6 Å². The fourth-order valence-electron chi connectivity index (χ4n) is 3.77. The van der Waals surface area contributed by atoms with E-state index in [-0.39, 0.29) is 22.7 Å². The number of aliphatic hydroxyl groups excluding tert-OH is 1. The first kappa shape index (κ1) is 32.8. The molecule has 0 aliphatic heterocycles. The van der Waals surface area contributed by atoms with Crippen molar-refractivity contribution in [3.05, 3.63) is 75.7 Å². The van der Waals surface area contributed by atoms with E-state index in [0.29, 0.717) is 9.25 Å². The van der Waals surface area contributed by atoms with Crippen LogP contribution in [0.3, 0.4) is 0 Å². The number of amides is 1. The summed E-state index contributed by atoms with van der Waals surface area (Å²) in [6.07, 6.45) is -12.7. The van der Waals surface area contributed by atoms with Crippen LogP contribution in [0.2, 0.25) is 0 Å². The summed E-state index contributed by atoms with van der Waals surface area (Å²) in [5.74, 6) is -1.64. The molecule has 0 fully saturated rings. The van der Waals surface area contributed by atoms with Gasteiger partial charge >= 0.3 is 18.0 Å². The third-order valence-electron chi connectivity index (χ3n) is 6.10. The summed E-state index contributed by atoms with van der Waals surface area (Å²) < 4.78 is 106. The van der Waals surface area contributed by atoms with Crippen LogP contribution in [0.4, 0.5) is 26.3 Å². The second-order valence-electron chi connectivity index (χ2n) is 9.29. The minimum absolute atomic E-state index is 0.108. The fourth-order valence-corrected chi connectivity index (χ4v) is 4.40. The van der Waals surface area contributed by atoms with Crippen LogP contribution in [0.5, 0.6) is 0 Å². The number of rotatable bonds is 11. The number of alkyl halides is 6. The number of aromatic nitrogens is 3. The highest BCUT2D eigenvalue weighted by Gasteiger charge is 2.39. The number of carbonyl (C=O) groups excluding carboxylic acids is 1. The van der Waals surface area contributed by atoms with Gasteiger partial charge in [0.05, 0.1) is 23.9 Å². The zero-order chi connectivity index (χ0) is 31.5. The van der Waals surface area contributed by atoms with Crippen LogP contribution in [-0.2, 0) is 34.1 Å². The minimum Gasteiger partial charge on any atom is -0.382 e. The molecule has 0 spiro atoms. The Labute approximate surface area is 236 Å². The topological polar surface area (TPSA) is 135 Å². The SMILES string of the molecule is CCS(=O)(=O)NCC(NC(=O)Cn1nc(-c2ccc(C)cc2)n(C[C@H](O)C(F)(F)F)c1=O)c1cccc(C(F)(F)F)c1. The maximum absolute atomic E-state index is 13.3. The van der Waals surface area contributed by atoms with Gasteiger partial charge in [-0.2, -0.15) is 26.3 Å². The van der Waals surface area contributed by atoms with Gasteiger partial charge in [0, 0.05) is 12.1 Å². The third-order valence-corrected chi connectivity index (χ3v) is 7.46. The van der Waals surface area contributed by atoms with Crippen LogP contribution in [-0.4, -0.2) is 58.4 Å². The molecule has 1 aromatic heterocycles. The molecule has 230 valence electrons. The summed E-state index contributed by atoms with van der Waals surface area (Å²) in [6, 6.07) is 8.63. The lowest BCUT2D eigenvalue weighted by atomic mass is 10.0. The number of aryl methyl sites for hydroxylation is 1. The number of nitrogens with one attached hydrogen (secondary N) is 2. The summed E-state index contributed by atoms with van der Waals surface area (Å²) in [6.45, 7) is 0.416. The lowest BCUT2D eigenvalue weighted by molar-refractivity contribution is -0.207. The molecule has 17 heteroatoms. The minimum atomic E-state index is -5.06. The van der Waals surface area contributed by atoms with Crippen LogP contribution in [0.25, 0.3) is 11.4 Å². The van der Waals surface area contributed by atoms with Gasteiger partial charge in [0.15, 0.2) is 11.9 Å². The van der Waals surface area contributed by atoms with Gasteiger partial charge in [0.2, 0.25) is 15.9 Å². The number of benzene rings is 2. The van der Waals surface area contributed by atoms with E-state index in [1.54, 1.807) is 19.1 Å². The zero-order valence-corrected chi connectivity index (χ0v) is 23.0. The lowest BCUT2D eigenvalue weighted by Gasteiger charge is -2.21. The number of nitrogens with zero attached hydrogens (tertiary/aromatic N) is 3. The van der Waals surface area contributed by atoms with Crippen molar-refractivity contribution in [2.45, 2.75) is 51.4 Å². The molecule has 2 atom stereocenters. The van der Waals surface area contributed by atoms with E-state index in [4.69, 9.17) is 0 Å². The van der Waals surface area contributed by atoms with Gasteiger partial charge in [-0.15, -0.1) is 5.10 Å². The van der Waals surface area contributed by atoms with Crippen LogP contribution < -0.4 is 15.7 Å². The normalized spacial score (nSPS) is 14.0. The largest absolute Gasteiger partial charge is 0.416 e. The quantitative estimate of drug-likeness (QED) is 0.281. The van der Waals surface area contributed by atoms with E-state index in [9.17, 15) is 49.5 Å². The molecular formula is C25H27F6N5O5S. The standard InChI is InChI=1S/C25H27F6N5O5S/c1-3-42(40,41)32-12-19(17-5-4-6-18(11-17)24(26,27)28)33-21(38)14-36-23(39)35(13-20(37)25(29,30)31)22(34-36)16-9-7-15(2)8-10-16/h4-11,19-20,32,37H,3,12-14H2,1-2H3,(H,33,38)/t19?,20-/m0/s1. The molecule has 0 aliphatic carbocycles. The van der Waals surface area contributed by atoms with Crippen molar-refractivity contribution >= 4 is 15.9 Å². The molecule has 3 N–H and O–H groups in total. The highest BCUT2D eigenvalue weighted by Crippen LogP contribution is 2.31. The number of hydrogen-bond acceptors (Lipinski definition) is 6. The van der Waals surface area contributed by atoms with E-state index in [2.05, 4.69) is 15.1 Å². The highest BCUT2D eigenvalue weighted by molar-refractivity contribution is 7.89. The molecule has 3 aromatic rings. The first-order chi connectivity index (χ1) is 19.4. The molecule has 1 amide bonds. The van der Waals surface area contributed by atoms with E-state index >= 15 is 0 Å². The summed E-state index contributed by atoms with van der Waals surface area (Å²) in [4.78, 5) is 26.0. The van der Waals surface area contributed by atoms with Crippen LogP contribution in [0, 0.1) is 6.92 Å². The molecule has 0 aliphatic rings. The van der Waals surface area contributed by atoms with Crippen molar-refractivity contribution < 1.29 is 44.7 Å². The van der Waals surface area contributed by atoms with Crippen molar-refractivity contribution in [3.8, 4) is 11.4 Å². The van der Waals surface area contributed by atoms with Gasteiger partial charge < -0.3 is 10.4 Å². The molecule has 2 aromatic carbocycles. The Balaban J connectivity index is 1.95. The maximum atomic E-state index is 13.3. The van der Waals surface area contributed by atoms with Gasteiger partial charge in [-0.1, -0.05) is 42.0 Å². The van der Waals surface area contributed by atoms with Crippen molar-refractivity contribution in [1.29, 1.82) is 0 Å². The Hall–Kier alpha value is -3.70. The van der Waals surface area contributed by atoms with Crippen LogP contribution in [0.1, 0.15) is 29.7 Å². The van der Waals surface area contributed by atoms with E-state index in [1.807, 2.05) is 0 Å². The number of halogens is 6. The molecule has 1 unspecified atom stereocenters. The highest BCUT2D eigenvalue weighted by atomic mass is 32.2.